The second-order valence-electron chi connectivity index (χ2n) is 2.51. The van der Waals surface area contributed by atoms with Crippen molar-refractivity contribution < 1.29 is 9.47 Å². The first-order chi connectivity index (χ1) is 4.34. The van der Waals surface area contributed by atoms with Gasteiger partial charge in [-0.2, -0.15) is 0 Å². The van der Waals surface area contributed by atoms with Crippen LogP contribution in [-0.2, 0) is 9.47 Å². The molecule has 0 bridgehead atoms. The topological polar surface area (TPSA) is 18.5 Å². The molecule has 0 aromatic carbocycles. The van der Waals surface area contributed by atoms with Crippen LogP contribution in [0.25, 0.3) is 0 Å². The van der Waals surface area contributed by atoms with Crippen LogP contribution >= 0.6 is 0 Å². The average Bonchev–Trinajstić information content (AvgIpc) is 2.18. The molecule has 1 fully saturated rings. The normalized spacial score (nSPS) is 35.3. The predicted molar refractivity (Wildman–Crippen MR) is 35.4 cm³/mol. The van der Waals surface area contributed by atoms with Gasteiger partial charge in [-0.05, 0) is 6.92 Å². The highest BCUT2D eigenvalue weighted by Gasteiger charge is 2.23. The van der Waals surface area contributed by atoms with E-state index in [9.17, 15) is 0 Å². The Kier molecular flexibility index (Phi) is 2.49. The summed E-state index contributed by atoms with van der Waals surface area (Å²) in [5.74, 6) is 0.588. The summed E-state index contributed by atoms with van der Waals surface area (Å²) in [5, 5.41) is 0. The van der Waals surface area contributed by atoms with Gasteiger partial charge in [-0.25, -0.2) is 0 Å². The fourth-order valence-corrected chi connectivity index (χ4v) is 1.07. The molecule has 54 valence electrons. The monoisotopic (exact) mass is 130 g/mol. The smallest absolute Gasteiger partial charge is 0.0855 e. The van der Waals surface area contributed by atoms with Gasteiger partial charge in [0.2, 0.25) is 0 Å². The van der Waals surface area contributed by atoms with E-state index in [1.807, 2.05) is 6.92 Å². The molecule has 0 N–H and O–H groups in total. The number of hydrogen-bond donors (Lipinski definition) is 0. The van der Waals surface area contributed by atoms with Crippen LogP contribution in [0.3, 0.4) is 0 Å². The summed E-state index contributed by atoms with van der Waals surface area (Å²) in [6, 6.07) is 0. The van der Waals surface area contributed by atoms with Gasteiger partial charge in [0, 0.05) is 12.5 Å². The van der Waals surface area contributed by atoms with Crippen LogP contribution in [0, 0.1) is 5.92 Å². The second kappa shape index (κ2) is 3.18. The van der Waals surface area contributed by atoms with E-state index in [0.717, 1.165) is 19.8 Å². The third kappa shape index (κ3) is 1.66. The first kappa shape index (κ1) is 7.03. The molecule has 1 aliphatic rings. The van der Waals surface area contributed by atoms with Crippen LogP contribution < -0.4 is 0 Å². The minimum Gasteiger partial charge on any atom is -0.378 e. The first-order valence-electron chi connectivity index (χ1n) is 3.54. The zero-order chi connectivity index (χ0) is 6.69. The molecule has 1 heterocycles. The molecule has 2 nitrogen and oxygen atoms in total. The van der Waals surface area contributed by atoms with E-state index in [2.05, 4.69) is 6.92 Å². The fraction of sp³-hybridized carbons (Fsp3) is 1.00. The van der Waals surface area contributed by atoms with Crippen LogP contribution in [-0.4, -0.2) is 25.9 Å². The summed E-state index contributed by atoms with van der Waals surface area (Å²) in [6.07, 6.45) is 0.356. The summed E-state index contributed by atoms with van der Waals surface area (Å²) in [6.45, 7) is 6.64. The van der Waals surface area contributed by atoms with Crippen molar-refractivity contribution in [1.29, 1.82) is 0 Å². The molecule has 0 radical (unpaired) electrons. The van der Waals surface area contributed by atoms with Crippen LogP contribution in [0.5, 0.6) is 0 Å². The lowest BCUT2D eigenvalue weighted by Gasteiger charge is -2.11. The third-order valence-electron chi connectivity index (χ3n) is 1.68. The Morgan fingerprint density at radius 3 is 2.78 bits per heavy atom. The SMILES string of the molecule is CCOC1COC[C@H]1C. The van der Waals surface area contributed by atoms with Crippen molar-refractivity contribution in [2.45, 2.75) is 20.0 Å². The number of ether oxygens (including phenoxy) is 2. The van der Waals surface area contributed by atoms with Gasteiger partial charge in [0.05, 0.1) is 19.3 Å². The summed E-state index contributed by atoms with van der Waals surface area (Å²) in [5.41, 5.74) is 0. The number of rotatable bonds is 2. The minimum absolute atomic E-state index is 0.356. The van der Waals surface area contributed by atoms with Gasteiger partial charge in [-0.3, -0.25) is 0 Å². The van der Waals surface area contributed by atoms with Gasteiger partial charge in [-0.1, -0.05) is 6.92 Å². The van der Waals surface area contributed by atoms with Crippen molar-refractivity contribution in [3.63, 3.8) is 0 Å². The van der Waals surface area contributed by atoms with Gasteiger partial charge in [0.1, 0.15) is 0 Å². The Hall–Kier alpha value is -0.0800. The highest BCUT2D eigenvalue weighted by molar-refractivity contribution is 4.70. The Morgan fingerprint density at radius 2 is 2.33 bits per heavy atom. The van der Waals surface area contributed by atoms with E-state index in [1.165, 1.54) is 0 Å². The fourth-order valence-electron chi connectivity index (χ4n) is 1.07. The molecule has 1 rings (SSSR count). The summed E-state index contributed by atoms with van der Waals surface area (Å²) in [4.78, 5) is 0. The Morgan fingerprint density at radius 1 is 1.56 bits per heavy atom. The second-order valence-corrected chi connectivity index (χ2v) is 2.51. The quantitative estimate of drug-likeness (QED) is 0.556. The average molecular weight is 130 g/mol. The third-order valence-corrected chi connectivity index (χ3v) is 1.68. The molecule has 1 aliphatic heterocycles. The standard InChI is InChI=1S/C7H14O2/c1-3-9-7-5-8-4-6(7)2/h6-7H,3-5H2,1-2H3/t6-,7?/m1/s1. The molecule has 1 saturated heterocycles. The molecule has 2 heteroatoms. The molecular weight excluding hydrogens is 116 g/mol. The molecule has 2 atom stereocenters. The molecule has 0 spiro atoms. The van der Waals surface area contributed by atoms with Gasteiger partial charge in [0.25, 0.3) is 0 Å². The highest BCUT2D eigenvalue weighted by atomic mass is 16.5. The first-order valence-corrected chi connectivity index (χ1v) is 3.54. The molecule has 9 heavy (non-hydrogen) atoms. The van der Waals surface area contributed by atoms with E-state index in [0.29, 0.717) is 12.0 Å². The zero-order valence-corrected chi connectivity index (χ0v) is 6.09. The minimum atomic E-state index is 0.356. The van der Waals surface area contributed by atoms with Crippen molar-refractivity contribution in [1.82, 2.24) is 0 Å². The summed E-state index contributed by atoms with van der Waals surface area (Å²) in [7, 11) is 0. The van der Waals surface area contributed by atoms with Crippen molar-refractivity contribution >= 4 is 0 Å². The van der Waals surface area contributed by atoms with E-state index in [-0.39, 0.29) is 0 Å². The Labute approximate surface area is 56.2 Å². The van der Waals surface area contributed by atoms with E-state index in [4.69, 9.17) is 9.47 Å². The van der Waals surface area contributed by atoms with E-state index < -0.39 is 0 Å². The lowest BCUT2D eigenvalue weighted by atomic mass is 10.1. The largest absolute Gasteiger partial charge is 0.378 e. The molecule has 1 unspecified atom stereocenters. The van der Waals surface area contributed by atoms with Gasteiger partial charge >= 0.3 is 0 Å². The van der Waals surface area contributed by atoms with Gasteiger partial charge < -0.3 is 9.47 Å². The zero-order valence-electron chi connectivity index (χ0n) is 6.09. The maximum atomic E-state index is 5.39. The molecule has 0 aliphatic carbocycles. The molecule has 0 aromatic rings. The Balaban J connectivity index is 2.22. The molecule has 0 amide bonds. The lowest BCUT2D eigenvalue weighted by Crippen LogP contribution is -2.19. The Bertz CT molecular complexity index is 83.0. The van der Waals surface area contributed by atoms with E-state index in [1.54, 1.807) is 0 Å². The lowest BCUT2D eigenvalue weighted by molar-refractivity contribution is 0.0371. The molecular formula is C7H14O2. The van der Waals surface area contributed by atoms with Crippen LogP contribution in [0.1, 0.15) is 13.8 Å². The van der Waals surface area contributed by atoms with E-state index >= 15 is 0 Å². The van der Waals surface area contributed by atoms with Crippen molar-refractivity contribution in [2.24, 2.45) is 5.92 Å². The van der Waals surface area contributed by atoms with Crippen LogP contribution in [0.2, 0.25) is 0 Å². The van der Waals surface area contributed by atoms with Gasteiger partial charge in [0.15, 0.2) is 0 Å². The van der Waals surface area contributed by atoms with Gasteiger partial charge in [-0.15, -0.1) is 0 Å². The predicted octanol–water partition coefficient (Wildman–Crippen LogP) is 1.06. The van der Waals surface area contributed by atoms with Crippen molar-refractivity contribution in [3.8, 4) is 0 Å². The summed E-state index contributed by atoms with van der Waals surface area (Å²) < 4.78 is 10.6. The maximum Gasteiger partial charge on any atom is 0.0855 e. The molecule has 0 saturated carbocycles. The maximum absolute atomic E-state index is 5.39. The summed E-state index contributed by atoms with van der Waals surface area (Å²) >= 11 is 0. The highest BCUT2D eigenvalue weighted by Crippen LogP contribution is 2.15. The van der Waals surface area contributed by atoms with Crippen LogP contribution in [0.15, 0.2) is 0 Å². The van der Waals surface area contributed by atoms with Crippen molar-refractivity contribution in [3.05, 3.63) is 0 Å². The van der Waals surface area contributed by atoms with Crippen molar-refractivity contribution in [2.75, 3.05) is 19.8 Å². The number of hydrogen-bond acceptors (Lipinski definition) is 2. The molecule has 0 aromatic heterocycles. The van der Waals surface area contributed by atoms with Crippen LogP contribution in [0.4, 0.5) is 0 Å².